The van der Waals surface area contributed by atoms with Gasteiger partial charge in [0.2, 0.25) is 0 Å². The van der Waals surface area contributed by atoms with Crippen molar-refractivity contribution in [2.24, 2.45) is 0 Å². The Morgan fingerprint density at radius 1 is 1.20 bits per heavy atom. The molecule has 1 nitrogen and oxygen atoms in total. The normalized spacial score (nSPS) is 10.1. The van der Waals surface area contributed by atoms with Crippen molar-refractivity contribution < 1.29 is 0 Å². The van der Waals surface area contributed by atoms with Crippen molar-refractivity contribution in [3.05, 3.63) is 34.9 Å². The van der Waals surface area contributed by atoms with Gasteiger partial charge in [-0.1, -0.05) is 23.7 Å². The fourth-order valence-corrected chi connectivity index (χ4v) is 1.23. The maximum absolute atomic E-state index is 5.87. The van der Waals surface area contributed by atoms with Gasteiger partial charge in [0.25, 0.3) is 0 Å². The molecular formula is C11H18Cl3N. The van der Waals surface area contributed by atoms with E-state index in [-0.39, 0.29) is 30.4 Å². The van der Waals surface area contributed by atoms with Crippen LogP contribution in [0.15, 0.2) is 24.3 Å². The molecule has 0 spiro atoms. The van der Waals surface area contributed by atoms with E-state index >= 15 is 0 Å². The summed E-state index contributed by atoms with van der Waals surface area (Å²) in [6, 6.07) is 7.93. The molecule has 88 valence electrons. The summed E-state index contributed by atoms with van der Waals surface area (Å²) >= 11 is 5.87. The topological polar surface area (TPSA) is 12.0 Å². The van der Waals surface area contributed by atoms with Crippen LogP contribution in [0.4, 0.5) is 0 Å². The lowest BCUT2D eigenvalue weighted by atomic mass is 10.1. The molecule has 0 unspecified atom stereocenters. The molecule has 15 heavy (non-hydrogen) atoms. The fraction of sp³-hybridized carbons (Fsp3) is 0.455. The Balaban J connectivity index is 0. The lowest BCUT2D eigenvalue weighted by Gasteiger charge is -2.20. The van der Waals surface area contributed by atoms with Crippen molar-refractivity contribution in [1.82, 2.24) is 5.32 Å². The first-order valence-corrected chi connectivity index (χ1v) is 4.85. The van der Waals surface area contributed by atoms with Crippen molar-refractivity contribution in [3.8, 4) is 0 Å². The molecule has 0 bridgehead atoms. The molecule has 0 aromatic heterocycles. The third-order valence-corrected chi connectivity index (χ3v) is 1.95. The Hall–Kier alpha value is 0.0500. The summed E-state index contributed by atoms with van der Waals surface area (Å²) in [5, 5.41) is 4.21. The van der Waals surface area contributed by atoms with Crippen molar-refractivity contribution in [2.45, 2.75) is 32.9 Å². The van der Waals surface area contributed by atoms with Gasteiger partial charge in [0.1, 0.15) is 0 Å². The number of hydrogen-bond acceptors (Lipinski definition) is 1. The quantitative estimate of drug-likeness (QED) is 0.854. The van der Waals surface area contributed by atoms with E-state index in [1.807, 2.05) is 18.2 Å². The van der Waals surface area contributed by atoms with Gasteiger partial charge in [-0.3, -0.25) is 0 Å². The van der Waals surface area contributed by atoms with Crippen LogP contribution in [0.5, 0.6) is 0 Å². The average Bonchev–Trinajstić information content (AvgIpc) is 2.00. The van der Waals surface area contributed by atoms with Crippen molar-refractivity contribution in [1.29, 1.82) is 0 Å². The highest BCUT2D eigenvalue weighted by Crippen LogP contribution is 2.11. The van der Waals surface area contributed by atoms with E-state index < -0.39 is 0 Å². The lowest BCUT2D eigenvalue weighted by Crippen LogP contribution is -2.35. The van der Waals surface area contributed by atoms with Crippen LogP contribution in [0, 0.1) is 0 Å². The summed E-state index contributed by atoms with van der Waals surface area (Å²) in [6.45, 7) is 7.32. The van der Waals surface area contributed by atoms with E-state index in [9.17, 15) is 0 Å². The van der Waals surface area contributed by atoms with Crippen LogP contribution < -0.4 is 5.32 Å². The second-order valence-electron chi connectivity index (χ2n) is 4.23. The molecule has 4 heteroatoms. The second-order valence-corrected chi connectivity index (χ2v) is 4.67. The molecule has 0 saturated heterocycles. The van der Waals surface area contributed by atoms with Gasteiger partial charge < -0.3 is 5.32 Å². The standard InChI is InChI=1S/C11H16ClN.2ClH/c1-11(2,3)13-8-9-5-4-6-10(12)7-9;;/h4-7,13H,8H2,1-3H3;2*1H. The summed E-state index contributed by atoms with van der Waals surface area (Å²) < 4.78 is 0. The minimum absolute atomic E-state index is 0. The van der Waals surface area contributed by atoms with Crippen LogP contribution in [0.2, 0.25) is 5.02 Å². The van der Waals surface area contributed by atoms with Crippen LogP contribution in [0.1, 0.15) is 26.3 Å². The van der Waals surface area contributed by atoms with E-state index in [1.54, 1.807) is 0 Å². The van der Waals surface area contributed by atoms with Crippen molar-refractivity contribution >= 4 is 36.4 Å². The Kier molecular flexibility index (Phi) is 8.54. The van der Waals surface area contributed by atoms with Gasteiger partial charge in [0.15, 0.2) is 0 Å². The fourth-order valence-electron chi connectivity index (χ4n) is 1.01. The number of halogens is 3. The first-order chi connectivity index (χ1) is 5.97. The van der Waals surface area contributed by atoms with Crippen molar-refractivity contribution in [2.75, 3.05) is 0 Å². The Morgan fingerprint density at radius 2 is 1.80 bits per heavy atom. The van der Waals surface area contributed by atoms with Crippen molar-refractivity contribution in [3.63, 3.8) is 0 Å². The molecule has 1 N–H and O–H groups in total. The zero-order valence-electron chi connectivity index (χ0n) is 9.21. The third-order valence-electron chi connectivity index (χ3n) is 1.71. The molecule has 0 heterocycles. The molecule has 0 radical (unpaired) electrons. The highest BCUT2D eigenvalue weighted by atomic mass is 35.5. The highest BCUT2D eigenvalue weighted by Gasteiger charge is 2.07. The predicted molar refractivity (Wildman–Crippen MR) is 72.5 cm³/mol. The Labute approximate surface area is 109 Å². The molecule has 1 aromatic carbocycles. The Bertz CT molecular complexity index is 281. The van der Waals surface area contributed by atoms with Gasteiger partial charge in [0, 0.05) is 17.1 Å². The van der Waals surface area contributed by atoms with Crippen LogP contribution in [0.25, 0.3) is 0 Å². The predicted octanol–water partition coefficient (Wildman–Crippen LogP) is 4.07. The first kappa shape index (κ1) is 17.4. The van der Waals surface area contributed by atoms with E-state index in [4.69, 9.17) is 11.6 Å². The van der Waals surface area contributed by atoms with Crippen LogP contribution in [-0.4, -0.2) is 5.54 Å². The third kappa shape index (κ3) is 7.92. The Morgan fingerprint density at radius 3 is 2.27 bits per heavy atom. The molecule has 0 atom stereocenters. The molecule has 0 aliphatic rings. The summed E-state index contributed by atoms with van der Waals surface area (Å²) in [4.78, 5) is 0. The maximum Gasteiger partial charge on any atom is 0.0409 e. The molecule has 0 aliphatic heterocycles. The summed E-state index contributed by atoms with van der Waals surface area (Å²) in [6.07, 6.45) is 0. The monoisotopic (exact) mass is 269 g/mol. The van der Waals surface area contributed by atoms with Crippen LogP contribution in [0.3, 0.4) is 0 Å². The first-order valence-electron chi connectivity index (χ1n) is 4.47. The average molecular weight is 271 g/mol. The zero-order valence-corrected chi connectivity index (χ0v) is 11.6. The largest absolute Gasteiger partial charge is 0.308 e. The van der Waals surface area contributed by atoms with Crippen LogP contribution >= 0.6 is 36.4 Å². The lowest BCUT2D eigenvalue weighted by molar-refractivity contribution is 0.424. The minimum Gasteiger partial charge on any atom is -0.308 e. The molecule has 0 aliphatic carbocycles. The molecule has 1 rings (SSSR count). The molecule has 1 aromatic rings. The number of nitrogens with one attached hydrogen (secondary N) is 1. The van der Waals surface area contributed by atoms with E-state index in [1.165, 1.54) is 5.56 Å². The van der Waals surface area contributed by atoms with E-state index in [2.05, 4.69) is 32.2 Å². The number of rotatable bonds is 2. The van der Waals surface area contributed by atoms with Gasteiger partial charge >= 0.3 is 0 Å². The van der Waals surface area contributed by atoms with E-state index in [0.717, 1.165) is 11.6 Å². The highest BCUT2D eigenvalue weighted by molar-refractivity contribution is 6.30. The number of benzene rings is 1. The van der Waals surface area contributed by atoms with Gasteiger partial charge in [-0.2, -0.15) is 0 Å². The molecule has 0 amide bonds. The van der Waals surface area contributed by atoms with Crippen LogP contribution in [-0.2, 0) is 6.54 Å². The van der Waals surface area contributed by atoms with Gasteiger partial charge in [-0.15, -0.1) is 24.8 Å². The minimum atomic E-state index is 0. The second kappa shape index (κ2) is 7.34. The zero-order chi connectivity index (χ0) is 9.90. The van der Waals surface area contributed by atoms with Gasteiger partial charge in [0.05, 0.1) is 0 Å². The van der Waals surface area contributed by atoms with Gasteiger partial charge in [-0.25, -0.2) is 0 Å². The molecule has 0 saturated carbocycles. The summed E-state index contributed by atoms with van der Waals surface area (Å²) in [7, 11) is 0. The molecule has 0 fully saturated rings. The van der Waals surface area contributed by atoms with Gasteiger partial charge in [-0.05, 0) is 38.5 Å². The number of hydrogen-bond donors (Lipinski definition) is 1. The van der Waals surface area contributed by atoms with E-state index in [0.29, 0.717) is 0 Å². The summed E-state index contributed by atoms with van der Waals surface area (Å²) in [5.74, 6) is 0. The maximum atomic E-state index is 5.87. The smallest absolute Gasteiger partial charge is 0.0409 e. The SMILES string of the molecule is CC(C)(C)NCc1cccc(Cl)c1.Cl.Cl. The molecular weight excluding hydrogens is 252 g/mol. The summed E-state index contributed by atoms with van der Waals surface area (Å²) in [5.41, 5.74) is 1.38.